The van der Waals surface area contributed by atoms with Crippen LogP contribution in [0, 0.1) is 0 Å². The van der Waals surface area contributed by atoms with Crippen molar-refractivity contribution in [1.29, 1.82) is 0 Å². The molecule has 0 aliphatic carbocycles. The first-order valence-electron chi connectivity index (χ1n) is 36.9. The van der Waals surface area contributed by atoms with Crippen LogP contribution in [-0.4, -0.2) is 193 Å². The third kappa shape index (κ3) is 35.8. The number of ether oxygens (including phenoxy) is 6. The van der Waals surface area contributed by atoms with Gasteiger partial charge in [0.05, 0.1) is 38.6 Å². The second-order valence-electron chi connectivity index (χ2n) is 26.4. The molecular weight excluding hydrogens is 1180 g/mol. The number of carbonyl (C=O) groups is 1. The van der Waals surface area contributed by atoms with Gasteiger partial charge in [-0.3, -0.25) is 4.79 Å². The number of amides is 1. The molecule has 3 aliphatic rings. The summed E-state index contributed by atoms with van der Waals surface area (Å²) in [6.07, 6.45) is 39.6. The van der Waals surface area contributed by atoms with Crippen molar-refractivity contribution in [2.75, 3.05) is 26.4 Å². The fourth-order valence-corrected chi connectivity index (χ4v) is 12.4. The lowest BCUT2D eigenvalue weighted by Crippen LogP contribution is -2.66. The SMILES string of the molecule is CC/C=C\C/C=C\C/C=C\CCCCCCCCCC(=O)NC(COC1OC(CO)C(OC2OC(CO)C(OC3OC(CO)C(O)C(O)C3O)C(O)C2O)C(O)C1O)C(O)/C=C/CCCCCCCCCCCCCCCCCCCCCCCCCCCCCC. The van der Waals surface area contributed by atoms with Gasteiger partial charge in [-0.05, 0) is 51.4 Å². The quantitative estimate of drug-likeness (QED) is 0.0199. The summed E-state index contributed by atoms with van der Waals surface area (Å²) >= 11 is 0. The molecule has 3 heterocycles. The molecular formula is C73H133NO18. The van der Waals surface area contributed by atoms with Crippen LogP contribution in [0.2, 0.25) is 0 Å². The fourth-order valence-electron chi connectivity index (χ4n) is 12.4. The Morgan fingerprint density at radius 3 is 1.17 bits per heavy atom. The van der Waals surface area contributed by atoms with E-state index in [0.29, 0.717) is 6.42 Å². The number of hydrogen-bond donors (Lipinski definition) is 12. The molecule has 19 nitrogen and oxygen atoms in total. The van der Waals surface area contributed by atoms with Crippen molar-refractivity contribution in [3.05, 3.63) is 48.6 Å². The number of allylic oxidation sites excluding steroid dienone is 7. The summed E-state index contributed by atoms with van der Waals surface area (Å²) in [6, 6.07) is -0.981. The maximum atomic E-state index is 13.4. The highest BCUT2D eigenvalue weighted by atomic mass is 16.8. The lowest BCUT2D eigenvalue weighted by atomic mass is 9.96. The van der Waals surface area contributed by atoms with Gasteiger partial charge in [-0.1, -0.05) is 268 Å². The van der Waals surface area contributed by atoms with Crippen molar-refractivity contribution < 1.29 is 89.4 Å². The first-order chi connectivity index (χ1) is 44.8. The minimum absolute atomic E-state index is 0.231. The van der Waals surface area contributed by atoms with Crippen LogP contribution in [0.4, 0.5) is 0 Å². The zero-order valence-electron chi connectivity index (χ0n) is 57.0. The van der Waals surface area contributed by atoms with Gasteiger partial charge in [-0.2, -0.15) is 0 Å². The van der Waals surface area contributed by atoms with E-state index < -0.39 is 124 Å². The Morgan fingerprint density at radius 1 is 0.402 bits per heavy atom. The molecule has 12 N–H and O–H groups in total. The van der Waals surface area contributed by atoms with E-state index in [1.165, 1.54) is 161 Å². The number of nitrogens with one attached hydrogen (secondary N) is 1. The first kappa shape index (κ1) is 84.0. The highest BCUT2D eigenvalue weighted by molar-refractivity contribution is 5.76. The summed E-state index contributed by atoms with van der Waals surface area (Å²) in [5, 5.41) is 121. The Labute approximate surface area is 554 Å². The zero-order chi connectivity index (χ0) is 66.8. The van der Waals surface area contributed by atoms with Crippen LogP contribution in [0.1, 0.15) is 277 Å². The van der Waals surface area contributed by atoms with Crippen molar-refractivity contribution in [2.24, 2.45) is 0 Å². The third-order valence-corrected chi connectivity index (χ3v) is 18.4. The summed E-state index contributed by atoms with van der Waals surface area (Å²) in [6.45, 7) is 1.64. The number of aliphatic hydroxyl groups excluding tert-OH is 11. The Bertz CT molecular complexity index is 1860. The van der Waals surface area contributed by atoms with Gasteiger partial charge in [0.2, 0.25) is 5.91 Å². The number of unbranched alkanes of at least 4 members (excludes halogenated alkanes) is 35. The van der Waals surface area contributed by atoms with E-state index in [0.717, 1.165) is 89.9 Å². The lowest BCUT2D eigenvalue weighted by Gasteiger charge is -2.48. The molecule has 1 amide bonds. The topological polar surface area (TPSA) is 307 Å². The summed E-state index contributed by atoms with van der Waals surface area (Å²) in [5.74, 6) is -0.284. The van der Waals surface area contributed by atoms with E-state index in [2.05, 4.69) is 55.6 Å². The maximum absolute atomic E-state index is 13.4. The molecule has 3 aliphatic heterocycles. The minimum Gasteiger partial charge on any atom is -0.394 e. The van der Waals surface area contributed by atoms with Gasteiger partial charge in [0.15, 0.2) is 18.9 Å². The largest absolute Gasteiger partial charge is 0.394 e. The Hall–Kier alpha value is -2.25. The molecule has 0 spiro atoms. The highest BCUT2D eigenvalue weighted by Crippen LogP contribution is 2.33. The molecule has 538 valence electrons. The van der Waals surface area contributed by atoms with Crippen molar-refractivity contribution in [1.82, 2.24) is 5.32 Å². The molecule has 17 unspecified atom stereocenters. The molecule has 92 heavy (non-hydrogen) atoms. The van der Waals surface area contributed by atoms with Crippen LogP contribution in [0.25, 0.3) is 0 Å². The second kappa shape index (κ2) is 54.7. The fraction of sp³-hybridized carbons (Fsp3) is 0.877. The van der Waals surface area contributed by atoms with Gasteiger partial charge in [-0.25, -0.2) is 0 Å². The number of aliphatic hydroxyl groups is 11. The second-order valence-corrected chi connectivity index (χ2v) is 26.4. The van der Waals surface area contributed by atoms with Gasteiger partial charge >= 0.3 is 0 Å². The molecule has 17 atom stereocenters. The Morgan fingerprint density at radius 2 is 0.750 bits per heavy atom. The van der Waals surface area contributed by atoms with Crippen LogP contribution in [0.5, 0.6) is 0 Å². The average Bonchev–Trinajstić information content (AvgIpc) is 0.838. The Kier molecular flexibility index (Phi) is 50.0. The molecule has 3 rings (SSSR count). The number of hydrogen-bond acceptors (Lipinski definition) is 18. The smallest absolute Gasteiger partial charge is 0.220 e. The van der Waals surface area contributed by atoms with Gasteiger partial charge < -0.3 is 89.9 Å². The van der Waals surface area contributed by atoms with Crippen LogP contribution in [0.15, 0.2) is 48.6 Å². The number of carbonyl (C=O) groups excluding carboxylic acids is 1. The van der Waals surface area contributed by atoms with Crippen molar-refractivity contribution in [2.45, 2.75) is 381 Å². The van der Waals surface area contributed by atoms with E-state index in [1.54, 1.807) is 6.08 Å². The summed E-state index contributed by atoms with van der Waals surface area (Å²) in [7, 11) is 0. The van der Waals surface area contributed by atoms with Crippen molar-refractivity contribution in [3.8, 4) is 0 Å². The Balaban J connectivity index is 1.40. The molecule has 0 saturated carbocycles. The summed E-state index contributed by atoms with van der Waals surface area (Å²) in [4.78, 5) is 13.4. The normalized spacial score (nSPS) is 27.9. The number of rotatable bonds is 57. The molecule has 0 bridgehead atoms. The van der Waals surface area contributed by atoms with E-state index in [4.69, 9.17) is 28.4 Å². The zero-order valence-corrected chi connectivity index (χ0v) is 57.0. The molecule has 3 saturated heterocycles. The van der Waals surface area contributed by atoms with Crippen LogP contribution < -0.4 is 5.32 Å². The molecule has 19 heteroatoms. The van der Waals surface area contributed by atoms with E-state index in [1.807, 2.05) is 6.08 Å². The highest BCUT2D eigenvalue weighted by Gasteiger charge is 2.53. The maximum Gasteiger partial charge on any atom is 0.220 e. The molecule has 3 fully saturated rings. The average molecular weight is 1310 g/mol. The summed E-state index contributed by atoms with van der Waals surface area (Å²) < 4.78 is 34.4. The van der Waals surface area contributed by atoms with E-state index in [-0.39, 0.29) is 18.9 Å². The predicted octanol–water partition coefficient (Wildman–Crippen LogP) is 10.6. The van der Waals surface area contributed by atoms with Crippen LogP contribution in [-0.2, 0) is 33.2 Å². The molecule has 0 aromatic heterocycles. The van der Waals surface area contributed by atoms with Crippen molar-refractivity contribution in [3.63, 3.8) is 0 Å². The first-order valence-corrected chi connectivity index (χ1v) is 36.9. The van der Waals surface area contributed by atoms with Crippen LogP contribution >= 0.6 is 0 Å². The van der Waals surface area contributed by atoms with E-state index >= 15 is 0 Å². The van der Waals surface area contributed by atoms with Gasteiger partial charge in [-0.15, -0.1) is 0 Å². The van der Waals surface area contributed by atoms with Crippen LogP contribution in [0.3, 0.4) is 0 Å². The lowest BCUT2D eigenvalue weighted by molar-refractivity contribution is -0.379. The molecule has 0 radical (unpaired) electrons. The van der Waals surface area contributed by atoms with Gasteiger partial charge in [0, 0.05) is 6.42 Å². The van der Waals surface area contributed by atoms with E-state index in [9.17, 15) is 61.0 Å². The minimum atomic E-state index is -1.98. The molecule has 0 aromatic carbocycles. The predicted molar refractivity (Wildman–Crippen MR) is 360 cm³/mol. The summed E-state index contributed by atoms with van der Waals surface area (Å²) in [5.41, 5.74) is 0. The molecule has 0 aromatic rings. The van der Waals surface area contributed by atoms with Gasteiger partial charge in [0.25, 0.3) is 0 Å². The monoisotopic (exact) mass is 1310 g/mol. The standard InChI is InChI=1S/C73H133NO18/c1-3-5-7-9-11-13-15-17-19-21-22-23-24-25-26-27-28-29-30-31-32-33-35-36-38-40-42-44-46-48-50-57(78)56(74-61(79)51-49-47-45-43-41-39-37-34-20-18-16-14-12-10-8-6-4-2)55-87-71-67(85)64(82)69(59(53-76)89-71)92-73-68(86)65(83)70(60(54-77)90-73)91-72-66(84)63(81)62(80)58(52-75)88-72/h6,8,12,14,18,20,48,50,56-60,62-73,75-78,80-86H,3-5,7,9-11,13,15-17,19,21-47,49,51-55H2,1-2H3,(H,74,79)/b8-6-,14-12-,20-18-,50-48+. The van der Waals surface area contributed by atoms with Gasteiger partial charge in [0.1, 0.15) is 73.2 Å². The van der Waals surface area contributed by atoms with Crippen molar-refractivity contribution >= 4 is 5.91 Å². The third-order valence-electron chi connectivity index (χ3n) is 18.4.